The molecule has 2 N–H and O–H groups in total. The lowest BCUT2D eigenvalue weighted by atomic mass is 9.82. The van der Waals surface area contributed by atoms with Crippen LogP contribution in [0.15, 0.2) is 24.3 Å². The first-order valence-electron chi connectivity index (χ1n) is 8.13. The van der Waals surface area contributed by atoms with Gasteiger partial charge in [0.25, 0.3) is 0 Å². The van der Waals surface area contributed by atoms with Gasteiger partial charge in [-0.15, -0.1) is 0 Å². The quantitative estimate of drug-likeness (QED) is 0.649. The van der Waals surface area contributed by atoms with E-state index in [1.54, 1.807) is 0 Å². The first-order chi connectivity index (χ1) is 10.9. The Labute approximate surface area is 138 Å². The lowest BCUT2D eigenvalue weighted by molar-refractivity contribution is -0.149. The normalized spacial score (nSPS) is 11.1. The molecule has 1 aromatic carbocycles. The Hall–Kier alpha value is -2.04. The van der Waals surface area contributed by atoms with Crippen molar-refractivity contribution in [2.45, 2.75) is 46.5 Å². The third-order valence-electron chi connectivity index (χ3n) is 4.24. The SMILES string of the molecule is CCC(CC)(CNC(=O)CCCOc1cccc(C)c1)C(=O)O. The summed E-state index contributed by atoms with van der Waals surface area (Å²) < 4.78 is 5.59. The molecule has 0 unspecified atom stereocenters. The van der Waals surface area contributed by atoms with Crippen molar-refractivity contribution in [3.05, 3.63) is 29.8 Å². The highest BCUT2D eigenvalue weighted by Gasteiger charge is 2.34. The highest BCUT2D eigenvalue weighted by molar-refractivity contribution is 5.79. The second-order valence-electron chi connectivity index (χ2n) is 5.84. The van der Waals surface area contributed by atoms with E-state index in [0.29, 0.717) is 32.3 Å². The average Bonchev–Trinajstić information content (AvgIpc) is 2.53. The number of benzene rings is 1. The average molecular weight is 321 g/mol. The molecule has 0 bridgehead atoms. The van der Waals surface area contributed by atoms with Gasteiger partial charge >= 0.3 is 5.97 Å². The van der Waals surface area contributed by atoms with Crippen LogP contribution in [0.5, 0.6) is 5.75 Å². The molecule has 0 saturated heterocycles. The molecule has 1 rings (SSSR count). The number of ether oxygens (including phenoxy) is 1. The van der Waals surface area contributed by atoms with Gasteiger partial charge in [-0.1, -0.05) is 26.0 Å². The molecule has 0 radical (unpaired) electrons. The van der Waals surface area contributed by atoms with Gasteiger partial charge in [-0.2, -0.15) is 0 Å². The minimum Gasteiger partial charge on any atom is -0.494 e. The number of hydrogen-bond donors (Lipinski definition) is 2. The van der Waals surface area contributed by atoms with Crippen molar-refractivity contribution in [1.29, 1.82) is 0 Å². The van der Waals surface area contributed by atoms with Gasteiger partial charge in [-0.3, -0.25) is 9.59 Å². The van der Waals surface area contributed by atoms with Crippen molar-refractivity contribution in [2.24, 2.45) is 5.41 Å². The van der Waals surface area contributed by atoms with E-state index in [0.717, 1.165) is 11.3 Å². The van der Waals surface area contributed by atoms with Crippen molar-refractivity contribution in [3.63, 3.8) is 0 Å². The summed E-state index contributed by atoms with van der Waals surface area (Å²) in [5, 5.41) is 12.1. The van der Waals surface area contributed by atoms with E-state index in [2.05, 4.69) is 5.32 Å². The van der Waals surface area contributed by atoms with E-state index in [1.165, 1.54) is 0 Å². The Morgan fingerprint density at radius 2 is 1.96 bits per heavy atom. The van der Waals surface area contributed by atoms with Crippen LogP contribution in [0.25, 0.3) is 0 Å². The second-order valence-corrected chi connectivity index (χ2v) is 5.84. The molecule has 0 aliphatic rings. The number of aliphatic carboxylic acids is 1. The minimum absolute atomic E-state index is 0.134. The van der Waals surface area contributed by atoms with Crippen LogP contribution in [0.4, 0.5) is 0 Å². The number of carbonyl (C=O) groups is 2. The van der Waals surface area contributed by atoms with Crippen molar-refractivity contribution < 1.29 is 19.4 Å². The van der Waals surface area contributed by atoms with Gasteiger partial charge in [-0.25, -0.2) is 0 Å². The maximum absolute atomic E-state index is 11.9. The number of hydrogen-bond acceptors (Lipinski definition) is 3. The summed E-state index contributed by atoms with van der Waals surface area (Å²) in [5.74, 6) is -0.191. The van der Waals surface area contributed by atoms with Crippen LogP contribution in [-0.4, -0.2) is 30.1 Å². The monoisotopic (exact) mass is 321 g/mol. The third kappa shape index (κ3) is 5.93. The summed E-state index contributed by atoms with van der Waals surface area (Å²) >= 11 is 0. The topological polar surface area (TPSA) is 75.6 Å². The van der Waals surface area contributed by atoms with Crippen molar-refractivity contribution >= 4 is 11.9 Å². The van der Waals surface area contributed by atoms with Crippen molar-refractivity contribution in [2.75, 3.05) is 13.2 Å². The van der Waals surface area contributed by atoms with Crippen molar-refractivity contribution in [3.8, 4) is 5.75 Å². The van der Waals surface area contributed by atoms with E-state index in [1.807, 2.05) is 45.0 Å². The van der Waals surface area contributed by atoms with E-state index >= 15 is 0 Å². The van der Waals surface area contributed by atoms with E-state index < -0.39 is 11.4 Å². The number of carbonyl (C=O) groups excluding carboxylic acids is 1. The fourth-order valence-corrected chi connectivity index (χ4v) is 2.36. The Kier molecular flexibility index (Phi) is 7.59. The molecule has 0 aromatic heterocycles. The maximum Gasteiger partial charge on any atom is 0.311 e. The molecular formula is C18H27NO4. The first kappa shape index (κ1) is 19.0. The molecule has 0 aliphatic carbocycles. The summed E-state index contributed by atoms with van der Waals surface area (Å²) in [6.45, 7) is 6.30. The van der Waals surface area contributed by atoms with Crippen LogP contribution < -0.4 is 10.1 Å². The molecule has 0 fully saturated rings. The highest BCUT2D eigenvalue weighted by atomic mass is 16.5. The standard InChI is InChI=1S/C18H27NO4/c1-4-18(5-2,17(21)22)13-19-16(20)10-7-11-23-15-9-6-8-14(3)12-15/h6,8-9,12H,4-5,7,10-11,13H2,1-3H3,(H,19,20)(H,21,22). The predicted molar refractivity (Wildman–Crippen MR) is 89.6 cm³/mol. The Morgan fingerprint density at radius 1 is 1.26 bits per heavy atom. The smallest absolute Gasteiger partial charge is 0.311 e. The zero-order valence-corrected chi connectivity index (χ0v) is 14.2. The summed E-state index contributed by atoms with van der Waals surface area (Å²) in [5.41, 5.74) is 0.262. The molecule has 1 amide bonds. The number of carboxylic acids is 1. The lowest BCUT2D eigenvalue weighted by Crippen LogP contribution is -2.42. The van der Waals surface area contributed by atoms with Gasteiger partial charge in [0.1, 0.15) is 5.75 Å². The Bertz CT molecular complexity index is 524. The molecule has 5 nitrogen and oxygen atoms in total. The number of amides is 1. The number of nitrogens with one attached hydrogen (secondary N) is 1. The van der Waals surface area contributed by atoms with Gasteiger partial charge in [0.15, 0.2) is 0 Å². The third-order valence-corrected chi connectivity index (χ3v) is 4.24. The molecular weight excluding hydrogens is 294 g/mol. The van der Waals surface area contributed by atoms with Gasteiger partial charge in [0.2, 0.25) is 5.91 Å². The summed E-state index contributed by atoms with van der Waals surface area (Å²) in [4.78, 5) is 23.2. The van der Waals surface area contributed by atoms with Gasteiger partial charge in [0.05, 0.1) is 12.0 Å². The molecule has 0 atom stereocenters. The first-order valence-corrected chi connectivity index (χ1v) is 8.13. The fourth-order valence-electron chi connectivity index (χ4n) is 2.36. The number of rotatable bonds is 10. The molecule has 0 heterocycles. The number of aryl methyl sites for hydroxylation is 1. The van der Waals surface area contributed by atoms with E-state index in [9.17, 15) is 14.7 Å². The van der Waals surface area contributed by atoms with Crippen LogP contribution in [0.1, 0.15) is 45.1 Å². The minimum atomic E-state index is -0.867. The largest absolute Gasteiger partial charge is 0.494 e. The highest BCUT2D eigenvalue weighted by Crippen LogP contribution is 2.25. The van der Waals surface area contributed by atoms with Crippen LogP contribution in [0.2, 0.25) is 0 Å². The second kappa shape index (κ2) is 9.18. The Morgan fingerprint density at radius 3 is 2.52 bits per heavy atom. The van der Waals surface area contributed by atoms with Gasteiger partial charge < -0.3 is 15.2 Å². The van der Waals surface area contributed by atoms with Gasteiger partial charge in [-0.05, 0) is 43.9 Å². The molecule has 0 aliphatic heterocycles. The fraction of sp³-hybridized carbons (Fsp3) is 0.556. The van der Waals surface area contributed by atoms with Crippen LogP contribution in [0, 0.1) is 12.3 Å². The number of carboxylic acid groups (broad SMARTS) is 1. The summed E-state index contributed by atoms with van der Waals surface area (Å²) in [6, 6.07) is 7.76. The van der Waals surface area contributed by atoms with Crippen LogP contribution in [-0.2, 0) is 9.59 Å². The van der Waals surface area contributed by atoms with Crippen LogP contribution in [0.3, 0.4) is 0 Å². The molecule has 23 heavy (non-hydrogen) atoms. The summed E-state index contributed by atoms with van der Waals surface area (Å²) in [6.07, 6.45) is 1.91. The zero-order chi connectivity index (χ0) is 17.3. The lowest BCUT2D eigenvalue weighted by Gasteiger charge is -2.26. The Balaban J connectivity index is 2.30. The van der Waals surface area contributed by atoms with E-state index in [4.69, 9.17) is 4.74 Å². The molecule has 0 saturated carbocycles. The van der Waals surface area contributed by atoms with Crippen LogP contribution >= 0.6 is 0 Å². The molecule has 128 valence electrons. The molecule has 1 aromatic rings. The van der Waals surface area contributed by atoms with E-state index in [-0.39, 0.29) is 12.5 Å². The van der Waals surface area contributed by atoms with Crippen molar-refractivity contribution in [1.82, 2.24) is 5.32 Å². The predicted octanol–water partition coefficient (Wildman–Crippen LogP) is 3.16. The zero-order valence-electron chi connectivity index (χ0n) is 14.2. The van der Waals surface area contributed by atoms with Gasteiger partial charge in [0, 0.05) is 13.0 Å². The summed E-state index contributed by atoms with van der Waals surface area (Å²) in [7, 11) is 0. The maximum atomic E-state index is 11.9. The molecule has 5 heteroatoms. The molecule has 0 spiro atoms.